The lowest BCUT2D eigenvalue weighted by Crippen LogP contribution is -2.06. The van der Waals surface area contributed by atoms with Crippen LogP contribution in [0.15, 0.2) is 60.7 Å². The maximum Gasteiger partial charge on any atom is 0.453 e. The van der Waals surface area contributed by atoms with Gasteiger partial charge in [0.25, 0.3) is 0 Å². The Morgan fingerprint density at radius 3 is 1.71 bits per heavy atom. The van der Waals surface area contributed by atoms with Crippen LogP contribution in [0, 0.1) is 0 Å². The summed E-state index contributed by atoms with van der Waals surface area (Å²) in [5.41, 5.74) is 1.82. The van der Waals surface area contributed by atoms with Crippen LogP contribution in [-0.2, 0) is 14.6 Å². The van der Waals surface area contributed by atoms with Crippen molar-refractivity contribution in [3.63, 3.8) is 0 Å². The highest BCUT2D eigenvalue weighted by Crippen LogP contribution is 2.25. The molecule has 0 bridgehead atoms. The van der Waals surface area contributed by atoms with Crippen molar-refractivity contribution in [3.8, 4) is 0 Å². The molecule has 2 aromatic rings. The zero-order valence-corrected chi connectivity index (χ0v) is 9.08. The first-order valence-corrected chi connectivity index (χ1v) is 5.21. The van der Waals surface area contributed by atoms with E-state index in [-0.39, 0.29) is 0 Å². The van der Waals surface area contributed by atoms with E-state index < -0.39 is 6.10 Å². The van der Waals surface area contributed by atoms with Gasteiger partial charge in [0.1, 0.15) is 0 Å². The van der Waals surface area contributed by atoms with E-state index in [9.17, 15) is 4.79 Å². The van der Waals surface area contributed by atoms with Crippen molar-refractivity contribution in [1.82, 2.24) is 0 Å². The van der Waals surface area contributed by atoms with Crippen LogP contribution in [0.3, 0.4) is 0 Å². The summed E-state index contributed by atoms with van der Waals surface area (Å²) < 4.78 is 0. The average molecular weight is 227 g/mol. The lowest BCUT2D eigenvalue weighted by atomic mass is 10.0. The summed E-state index contributed by atoms with van der Waals surface area (Å²) in [4.78, 5) is 19.4. The van der Waals surface area contributed by atoms with Gasteiger partial charge in [0.05, 0.1) is 0 Å². The van der Waals surface area contributed by atoms with Crippen LogP contribution in [0.25, 0.3) is 0 Å². The van der Waals surface area contributed by atoms with Crippen LogP contribution < -0.4 is 0 Å². The summed E-state index contributed by atoms with van der Waals surface area (Å²) in [6.45, 7) is 1.27. The molecular formula is C14H11O3. The third-order valence-corrected chi connectivity index (χ3v) is 2.38. The van der Waals surface area contributed by atoms with Crippen LogP contribution >= 0.6 is 0 Å². The molecule has 0 fully saturated rings. The molecule has 0 saturated carbocycles. The number of carbonyl (C=O) groups excluding carboxylic acids is 1. The van der Waals surface area contributed by atoms with E-state index in [4.69, 9.17) is 4.89 Å². The summed E-state index contributed by atoms with van der Waals surface area (Å²) in [5, 5.41) is 0. The van der Waals surface area contributed by atoms with Gasteiger partial charge >= 0.3 is 6.47 Å². The summed E-state index contributed by atoms with van der Waals surface area (Å²) in [6, 6.07) is 19.1. The van der Waals surface area contributed by atoms with E-state index in [0.717, 1.165) is 11.1 Å². The van der Waals surface area contributed by atoms with E-state index in [1.807, 2.05) is 60.7 Å². The quantitative estimate of drug-likeness (QED) is 0.582. The van der Waals surface area contributed by atoms with Crippen LogP contribution in [0.1, 0.15) is 17.2 Å². The molecule has 0 amide bonds. The topological polar surface area (TPSA) is 35.5 Å². The standard InChI is InChI=1S/C14H11O3/c15-11-16-17-14(12-7-3-1-4-8-12)13-9-5-2-6-10-13/h1-10,14H. The Kier molecular flexibility index (Phi) is 3.89. The smallest absolute Gasteiger partial charge is 0.284 e. The minimum atomic E-state index is -0.432. The maximum absolute atomic E-state index is 10.1. The SMILES string of the molecule is O=[C]OOC(c1ccccc1)c1ccccc1. The molecular weight excluding hydrogens is 216 g/mol. The van der Waals surface area contributed by atoms with Crippen LogP contribution in [0.4, 0.5) is 0 Å². The van der Waals surface area contributed by atoms with E-state index in [1.54, 1.807) is 0 Å². The summed E-state index contributed by atoms with van der Waals surface area (Å²) in [5.74, 6) is 0. The van der Waals surface area contributed by atoms with Crippen molar-refractivity contribution in [1.29, 1.82) is 0 Å². The Hall–Kier alpha value is -2.13. The second-order valence-corrected chi connectivity index (χ2v) is 3.46. The van der Waals surface area contributed by atoms with Crippen molar-refractivity contribution < 1.29 is 14.6 Å². The molecule has 0 aromatic heterocycles. The van der Waals surface area contributed by atoms with Gasteiger partial charge in [-0.1, -0.05) is 60.7 Å². The molecule has 0 N–H and O–H groups in total. The van der Waals surface area contributed by atoms with Gasteiger partial charge in [-0.15, -0.1) is 0 Å². The minimum Gasteiger partial charge on any atom is -0.284 e. The largest absolute Gasteiger partial charge is 0.453 e. The molecule has 85 valence electrons. The molecule has 0 atom stereocenters. The predicted octanol–water partition coefficient (Wildman–Crippen LogP) is 2.79. The first-order valence-electron chi connectivity index (χ1n) is 5.21. The van der Waals surface area contributed by atoms with Gasteiger partial charge in [-0.3, -0.25) is 4.89 Å². The van der Waals surface area contributed by atoms with Crippen molar-refractivity contribution in [3.05, 3.63) is 71.8 Å². The Balaban J connectivity index is 2.29. The van der Waals surface area contributed by atoms with Crippen LogP contribution in [0.2, 0.25) is 0 Å². The molecule has 3 heteroatoms. The molecule has 0 spiro atoms. The molecule has 1 radical (unpaired) electrons. The minimum absolute atomic E-state index is 0.432. The van der Waals surface area contributed by atoms with Gasteiger partial charge in [0.15, 0.2) is 6.10 Å². The molecule has 3 nitrogen and oxygen atoms in total. The molecule has 17 heavy (non-hydrogen) atoms. The van der Waals surface area contributed by atoms with Crippen molar-refractivity contribution in [2.75, 3.05) is 0 Å². The lowest BCUT2D eigenvalue weighted by molar-refractivity contribution is -0.250. The van der Waals surface area contributed by atoms with Gasteiger partial charge < -0.3 is 0 Å². The van der Waals surface area contributed by atoms with Crippen LogP contribution in [-0.4, -0.2) is 6.47 Å². The molecule has 2 rings (SSSR count). The second kappa shape index (κ2) is 5.82. The average Bonchev–Trinajstić information content (AvgIpc) is 2.42. The Morgan fingerprint density at radius 2 is 1.29 bits per heavy atom. The molecule has 2 aromatic carbocycles. The molecule has 0 aliphatic carbocycles. The van der Waals surface area contributed by atoms with E-state index in [1.165, 1.54) is 6.47 Å². The van der Waals surface area contributed by atoms with E-state index in [0.29, 0.717) is 0 Å². The highest BCUT2D eigenvalue weighted by Gasteiger charge is 2.15. The Bertz CT molecular complexity index is 414. The zero-order chi connectivity index (χ0) is 11.9. The van der Waals surface area contributed by atoms with E-state index in [2.05, 4.69) is 4.89 Å². The van der Waals surface area contributed by atoms with Crippen molar-refractivity contribution in [2.24, 2.45) is 0 Å². The molecule has 0 saturated heterocycles. The summed E-state index contributed by atoms with van der Waals surface area (Å²) in [6.07, 6.45) is -0.432. The predicted molar refractivity (Wildman–Crippen MR) is 62.6 cm³/mol. The number of rotatable bonds is 5. The van der Waals surface area contributed by atoms with Gasteiger partial charge in [-0.2, -0.15) is 4.89 Å². The summed E-state index contributed by atoms with van der Waals surface area (Å²) in [7, 11) is 0. The van der Waals surface area contributed by atoms with Crippen molar-refractivity contribution >= 4 is 6.47 Å². The maximum atomic E-state index is 10.1. The normalized spacial score (nSPS) is 10.2. The fraction of sp³-hybridized carbons (Fsp3) is 0.0714. The van der Waals surface area contributed by atoms with Crippen LogP contribution in [0.5, 0.6) is 0 Å². The molecule has 0 unspecified atom stereocenters. The number of benzene rings is 2. The third kappa shape index (κ3) is 2.92. The Morgan fingerprint density at radius 1 is 0.824 bits per heavy atom. The number of hydrogen-bond donors (Lipinski definition) is 0. The Labute approximate surface area is 99.5 Å². The van der Waals surface area contributed by atoms with Gasteiger partial charge in [-0.25, -0.2) is 4.79 Å². The molecule has 0 heterocycles. The lowest BCUT2D eigenvalue weighted by Gasteiger charge is -2.14. The molecule has 0 aliphatic heterocycles. The molecule has 0 aliphatic rings. The van der Waals surface area contributed by atoms with Gasteiger partial charge in [0.2, 0.25) is 0 Å². The van der Waals surface area contributed by atoms with Crippen molar-refractivity contribution in [2.45, 2.75) is 6.10 Å². The summed E-state index contributed by atoms with van der Waals surface area (Å²) >= 11 is 0. The third-order valence-electron chi connectivity index (χ3n) is 2.38. The highest BCUT2D eigenvalue weighted by atomic mass is 17.2. The first kappa shape index (κ1) is 11.4. The first-order chi connectivity index (χ1) is 8.42. The fourth-order valence-electron chi connectivity index (χ4n) is 1.63. The van der Waals surface area contributed by atoms with Gasteiger partial charge in [0, 0.05) is 0 Å². The number of hydrogen-bond acceptors (Lipinski definition) is 3. The monoisotopic (exact) mass is 227 g/mol. The highest BCUT2D eigenvalue weighted by molar-refractivity contribution is 5.37. The van der Waals surface area contributed by atoms with E-state index >= 15 is 0 Å². The van der Waals surface area contributed by atoms with Gasteiger partial charge in [-0.05, 0) is 11.1 Å². The fourth-order valence-corrected chi connectivity index (χ4v) is 1.63. The second-order valence-electron chi connectivity index (χ2n) is 3.46. The zero-order valence-electron chi connectivity index (χ0n) is 9.08.